The Bertz CT molecular complexity index is 603. The minimum atomic E-state index is 0.399. The van der Waals surface area contributed by atoms with E-state index in [0.29, 0.717) is 6.04 Å². The molecule has 0 radical (unpaired) electrons. The van der Waals surface area contributed by atoms with Crippen molar-refractivity contribution in [1.29, 1.82) is 0 Å². The Morgan fingerprint density at radius 3 is 3.05 bits per heavy atom. The number of anilines is 1. The minimum Gasteiger partial charge on any atom is -0.378 e. The van der Waals surface area contributed by atoms with Crippen LogP contribution < -0.4 is 5.32 Å². The van der Waals surface area contributed by atoms with Gasteiger partial charge in [0.15, 0.2) is 0 Å². The third-order valence-electron chi connectivity index (χ3n) is 3.89. The lowest BCUT2D eigenvalue weighted by atomic mass is 9.93. The summed E-state index contributed by atoms with van der Waals surface area (Å²) in [6.07, 6.45) is 5.58. The van der Waals surface area contributed by atoms with Gasteiger partial charge in [-0.2, -0.15) is 5.10 Å². The summed E-state index contributed by atoms with van der Waals surface area (Å²) in [5.41, 5.74) is 5.28. The number of benzene rings is 1. The molecule has 2 aromatic rings. The highest BCUT2D eigenvalue weighted by atomic mass is 127. The molecule has 19 heavy (non-hydrogen) atoms. The topological polar surface area (TPSA) is 29.9 Å². The van der Waals surface area contributed by atoms with Gasteiger partial charge in [0.1, 0.15) is 0 Å². The molecule has 0 spiro atoms. The summed E-state index contributed by atoms with van der Waals surface area (Å²) in [7, 11) is 2.04. The van der Waals surface area contributed by atoms with Crippen LogP contribution >= 0.6 is 22.6 Å². The number of hydrogen-bond acceptors (Lipinski definition) is 2. The van der Waals surface area contributed by atoms with Crippen molar-refractivity contribution in [3.05, 3.63) is 44.8 Å². The van der Waals surface area contributed by atoms with E-state index >= 15 is 0 Å². The molecule has 1 aliphatic carbocycles. The van der Waals surface area contributed by atoms with Gasteiger partial charge in [-0.15, -0.1) is 0 Å². The molecule has 1 aromatic heterocycles. The summed E-state index contributed by atoms with van der Waals surface area (Å²) in [6.45, 7) is 2.14. The van der Waals surface area contributed by atoms with E-state index in [0.717, 1.165) is 6.42 Å². The van der Waals surface area contributed by atoms with Crippen LogP contribution in [-0.4, -0.2) is 9.78 Å². The molecule has 0 saturated carbocycles. The minimum absolute atomic E-state index is 0.399. The average Bonchev–Trinajstić information content (AvgIpc) is 2.77. The zero-order valence-electron chi connectivity index (χ0n) is 11.3. The number of halogens is 1. The monoisotopic (exact) mass is 367 g/mol. The second-order valence-electron chi connectivity index (χ2n) is 5.22. The lowest BCUT2D eigenvalue weighted by Gasteiger charge is -2.25. The van der Waals surface area contributed by atoms with Crippen molar-refractivity contribution in [1.82, 2.24) is 9.78 Å². The van der Waals surface area contributed by atoms with Crippen LogP contribution in [0.1, 0.15) is 35.7 Å². The van der Waals surface area contributed by atoms with E-state index in [4.69, 9.17) is 0 Å². The Morgan fingerprint density at radius 1 is 1.42 bits per heavy atom. The van der Waals surface area contributed by atoms with Crippen molar-refractivity contribution in [2.45, 2.75) is 32.2 Å². The quantitative estimate of drug-likeness (QED) is 0.818. The number of aryl methyl sites for hydroxylation is 2. The molecule has 4 heteroatoms. The molecule has 1 atom stereocenters. The standard InChI is InChI=1S/C15H18IN3/c1-10-6-7-11(8-13(10)16)18-14-4-3-5-15-12(14)9-17-19(15)2/h6-9,14,18H,3-5H2,1-2H3. The van der Waals surface area contributed by atoms with E-state index in [1.165, 1.54) is 38.9 Å². The van der Waals surface area contributed by atoms with Crippen molar-refractivity contribution >= 4 is 28.3 Å². The van der Waals surface area contributed by atoms with Gasteiger partial charge in [-0.05, 0) is 66.5 Å². The molecule has 0 amide bonds. The Labute approximate surface area is 127 Å². The third-order valence-corrected chi connectivity index (χ3v) is 5.05. The highest BCUT2D eigenvalue weighted by Crippen LogP contribution is 2.32. The van der Waals surface area contributed by atoms with Crippen molar-refractivity contribution < 1.29 is 0 Å². The largest absolute Gasteiger partial charge is 0.378 e. The van der Waals surface area contributed by atoms with Crippen LogP contribution in [0.4, 0.5) is 5.69 Å². The van der Waals surface area contributed by atoms with E-state index < -0.39 is 0 Å². The number of hydrogen-bond donors (Lipinski definition) is 1. The molecule has 1 N–H and O–H groups in total. The molecule has 1 heterocycles. The van der Waals surface area contributed by atoms with Gasteiger partial charge < -0.3 is 5.32 Å². The van der Waals surface area contributed by atoms with Gasteiger partial charge in [0.25, 0.3) is 0 Å². The predicted octanol–water partition coefficient (Wildman–Crippen LogP) is 3.82. The van der Waals surface area contributed by atoms with Crippen molar-refractivity contribution in [2.24, 2.45) is 7.05 Å². The second kappa shape index (κ2) is 5.15. The van der Waals surface area contributed by atoms with Crippen LogP contribution in [0.5, 0.6) is 0 Å². The lowest BCUT2D eigenvalue weighted by Crippen LogP contribution is -2.17. The maximum atomic E-state index is 4.40. The number of aromatic nitrogens is 2. The predicted molar refractivity (Wildman–Crippen MR) is 86.4 cm³/mol. The SMILES string of the molecule is Cc1ccc(NC2CCCc3c2cnn3C)cc1I. The van der Waals surface area contributed by atoms with Gasteiger partial charge >= 0.3 is 0 Å². The summed E-state index contributed by atoms with van der Waals surface area (Å²) in [4.78, 5) is 0. The van der Waals surface area contributed by atoms with Gasteiger partial charge in [-0.3, -0.25) is 4.68 Å². The van der Waals surface area contributed by atoms with Crippen LogP contribution in [0.2, 0.25) is 0 Å². The zero-order valence-corrected chi connectivity index (χ0v) is 13.4. The molecule has 0 aliphatic heterocycles. The first-order chi connectivity index (χ1) is 9.15. The summed E-state index contributed by atoms with van der Waals surface area (Å²) in [5, 5.41) is 8.06. The fourth-order valence-corrected chi connectivity index (χ4v) is 3.26. The van der Waals surface area contributed by atoms with E-state index in [9.17, 15) is 0 Å². The molecule has 1 unspecified atom stereocenters. The first-order valence-electron chi connectivity index (χ1n) is 6.68. The molecule has 1 aliphatic rings. The van der Waals surface area contributed by atoms with Gasteiger partial charge in [0, 0.05) is 27.6 Å². The molecule has 3 nitrogen and oxygen atoms in total. The molecule has 100 valence electrons. The Morgan fingerprint density at radius 2 is 2.26 bits per heavy atom. The van der Waals surface area contributed by atoms with Gasteiger partial charge in [0.05, 0.1) is 12.2 Å². The third kappa shape index (κ3) is 2.50. The zero-order chi connectivity index (χ0) is 13.4. The van der Waals surface area contributed by atoms with Gasteiger partial charge in [-0.25, -0.2) is 0 Å². The van der Waals surface area contributed by atoms with E-state index in [1.807, 2.05) is 17.9 Å². The highest BCUT2D eigenvalue weighted by Gasteiger charge is 2.23. The lowest BCUT2D eigenvalue weighted by molar-refractivity contribution is 0.571. The number of rotatable bonds is 2. The van der Waals surface area contributed by atoms with Crippen molar-refractivity contribution in [3.8, 4) is 0 Å². The van der Waals surface area contributed by atoms with E-state index in [1.54, 1.807) is 0 Å². The fraction of sp³-hybridized carbons (Fsp3) is 0.400. The van der Waals surface area contributed by atoms with Crippen LogP contribution in [0, 0.1) is 10.5 Å². The maximum Gasteiger partial charge on any atom is 0.0547 e. The summed E-state index contributed by atoms with van der Waals surface area (Å²) in [5.74, 6) is 0. The van der Waals surface area contributed by atoms with Crippen LogP contribution in [0.15, 0.2) is 24.4 Å². The normalized spacial score (nSPS) is 18.2. The Kier molecular flexibility index (Phi) is 3.52. The number of nitrogens with zero attached hydrogens (tertiary/aromatic N) is 2. The number of nitrogens with one attached hydrogen (secondary N) is 1. The highest BCUT2D eigenvalue weighted by molar-refractivity contribution is 14.1. The molecular formula is C15H18IN3. The second-order valence-corrected chi connectivity index (χ2v) is 6.39. The first-order valence-corrected chi connectivity index (χ1v) is 7.76. The number of fused-ring (bicyclic) bond motifs is 1. The van der Waals surface area contributed by atoms with Crippen LogP contribution in [0.25, 0.3) is 0 Å². The molecule has 3 rings (SSSR count). The Balaban J connectivity index is 1.86. The van der Waals surface area contributed by atoms with Crippen LogP contribution in [-0.2, 0) is 13.5 Å². The molecular weight excluding hydrogens is 349 g/mol. The average molecular weight is 367 g/mol. The van der Waals surface area contributed by atoms with Crippen molar-refractivity contribution in [3.63, 3.8) is 0 Å². The van der Waals surface area contributed by atoms with E-state index in [2.05, 4.69) is 58.1 Å². The Hall–Kier alpha value is -1.04. The summed E-state index contributed by atoms with van der Waals surface area (Å²) >= 11 is 2.39. The van der Waals surface area contributed by atoms with Crippen LogP contribution in [0.3, 0.4) is 0 Å². The van der Waals surface area contributed by atoms with Gasteiger partial charge in [0.2, 0.25) is 0 Å². The summed E-state index contributed by atoms with van der Waals surface area (Å²) < 4.78 is 3.33. The summed E-state index contributed by atoms with van der Waals surface area (Å²) in [6, 6.07) is 6.97. The van der Waals surface area contributed by atoms with Crippen molar-refractivity contribution in [2.75, 3.05) is 5.32 Å². The van der Waals surface area contributed by atoms with E-state index in [-0.39, 0.29) is 0 Å². The molecule has 0 saturated heterocycles. The first kappa shape index (κ1) is 13.0. The smallest absolute Gasteiger partial charge is 0.0547 e. The fourth-order valence-electron chi connectivity index (χ4n) is 2.74. The maximum absolute atomic E-state index is 4.40. The molecule has 0 fully saturated rings. The molecule has 1 aromatic carbocycles. The molecule has 0 bridgehead atoms. The van der Waals surface area contributed by atoms with Gasteiger partial charge in [-0.1, -0.05) is 6.07 Å².